The average molecular weight is 202 g/mol. The minimum atomic E-state index is -0.707. The maximum Gasteiger partial charge on any atom is 0.150 e. The number of Topliss-reactive ketones (excluding diaryl/α,β-unsaturated/α-hetero) is 1. The number of hydrogen-bond acceptors (Lipinski definition) is 2. The number of allylic oxidation sites excluding steroid dienone is 2. The Hall–Kier alpha value is -1.57. The topological polar surface area (TPSA) is 37.3 Å². The number of rotatable bonds is 2. The van der Waals surface area contributed by atoms with Gasteiger partial charge in [0.25, 0.3) is 0 Å². The third kappa shape index (κ3) is 1.67. The summed E-state index contributed by atoms with van der Waals surface area (Å²) in [5, 5.41) is 9.72. The van der Waals surface area contributed by atoms with Crippen LogP contribution >= 0.6 is 0 Å². The fourth-order valence-electron chi connectivity index (χ4n) is 1.98. The average Bonchev–Trinajstić information content (AvgIpc) is 2.48. The zero-order chi connectivity index (χ0) is 10.9. The first kappa shape index (κ1) is 9.97. The molecule has 1 unspecified atom stereocenters. The number of carbonyl (C=O) groups is 1. The Bertz CT molecular complexity index is 406. The Morgan fingerprint density at radius 3 is 2.53 bits per heavy atom. The lowest BCUT2D eigenvalue weighted by Crippen LogP contribution is -2.28. The molecule has 2 nitrogen and oxygen atoms in total. The van der Waals surface area contributed by atoms with Crippen molar-refractivity contribution in [3.05, 3.63) is 47.7 Å². The molecule has 1 aliphatic carbocycles. The van der Waals surface area contributed by atoms with E-state index in [2.05, 4.69) is 0 Å². The molecule has 78 valence electrons. The first-order valence-corrected chi connectivity index (χ1v) is 5.10. The Balaban J connectivity index is 2.25. The summed E-state index contributed by atoms with van der Waals surface area (Å²) in [7, 11) is 0. The van der Waals surface area contributed by atoms with Crippen molar-refractivity contribution in [3.63, 3.8) is 0 Å². The summed E-state index contributed by atoms with van der Waals surface area (Å²) in [6.07, 6.45) is 2.55. The molecule has 15 heavy (non-hydrogen) atoms. The van der Waals surface area contributed by atoms with E-state index in [0.29, 0.717) is 12.8 Å². The maximum absolute atomic E-state index is 11.7. The van der Waals surface area contributed by atoms with Gasteiger partial charge in [-0.25, -0.2) is 0 Å². The number of carbonyl (C=O) groups excluding carboxylic acids is 1. The molecule has 2 heteroatoms. The first-order chi connectivity index (χ1) is 7.13. The Kier molecular flexibility index (Phi) is 2.35. The summed E-state index contributed by atoms with van der Waals surface area (Å²) < 4.78 is 0. The molecule has 1 aliphatic rings. The van der Waals surface area contributed by atoms with Crippen LogP contribution in [-0.4, -0.2) is 10.9 Å². The van der Waals surface area contributed by atoms with Gasteiger partial charge in [0, 0.05) is 6.42 Å². The molecule has 0 aliphatic heterocycles. The number of aliphatic hydroxyl groups excluding tert-OH is 1. The van der Waals surface area contributed by atoms with E-state index in [4.69, 9.17) is 0 Å². The van der Waals surface area contributed by atoms with Gasteiger partial charge in [0.05, 0.1) is 5.41 Å². The van der Waals surface area contributed by atoms with Crippen LogP contribution in [0.2, 0.25) is 0 Å². The van der Waals surface area contributed by atoms with Crippen LogP contribution in [0.25, 0.3) is 0 Å². The standard InChI is InChI=1S/C13H14O2/c1-13(11(14)7-8-12(13)15)9-10-5-3-2-4-6-10/h2-7,14H,8-9H2,1H3. The van der Waals surface area contributed by atoms with Gasteiger partial charge in [0.2, 0.25) is 0 Å². The minimum absolute atomic E-state index is 0.101. The zero-order valence-corrected chi connectivity index (χ0v) is 8.73. The quantitative estimate of drug-likeness (QED) is 0.800. The van der Waals surface area contributed by atoms with Gasteiger partial charge in [-0.15, -0.1) is 0 Å². The van der Waals surface area contributed by atoms with E-state index in [9.17, 15) is 9.90 Å². The Morgan fingerprint density at radius 2 is 2.00 bits per heavy atom. The van der Waals surface area contributed by atoms with Gasteiger partial charge < -0.3 is 5.11 Å². The lowest BCUT2D eigenvalue weighted by atomic mass is 9.81. The molecule has 0 heterocycles. The van der Waals surface area contributed by atoms with Gasteiger partial charge in [-0.2, -0.15) is 0 Å². The fourth-order valence-corrected chi connectivity index (χ4v) is 1.98. The van der Waals surface area contributed by atoms with Crippen LogP contribution in [0.4, 0.5) is 0 Å². The van der Waals surface area contributed by atoms with Crippen molar-refractivity contribution < 1.29 is 9.90 Å². The Morgan fingerprint density at radius 1 is 1.33 bits per heavy atom. The van der Waals surface area contributed by atoms with Crippen molar-refractivity contribution >= 4 is 5.78 Å². The van der Waals surface area contributed by atoms with Crippen molar-refractivity contribution in [3.8, 4) is 0 Å². The SMILES string of the molecule is CC1(Cc2ccccc2)C(=O)CC=C1O. The van der Waals surface area contributed by atoms with E-state index in [1.54, 1.807) is 13.0 Å². The van der Waals surface area contributed by atoms with Gasteiger partial charge >= 0.3 is 0 Å². The van der Waals surface area contributed by atoms with Crippen LogP contribution in [0.5, 0.6) is 0 Å². The third-order valence-corrected chi connectivity index (χ3v) is 3.06. The Labute approximate surface area is 89.2 Å². The highest BCUT2D eigenvalue weighted by Gasteiger charge is 2.40. The summed E-state index contributed by atoms with van der Waals surface area (Å²) in [5.74, 6) is 0.320. The normalized spacial score (nSPS) is 25.4. The summed E-state index contributed by atoms with van der Waals surface area (Å²) >= 11 is 0. The minimum Gasteiger partial charge on any atom is -0.512 e. The van der Waals surface area contributed by atoms with Crippen LogP contribution in [0.3, 0.4) is 0 Å². The molecule has 0 spiro atoms. The summed E-state index contributed by atoms with van der Waals surface area (Å²) in [5.41, 5.74) is 0.372. The molecule has 0 radical (unpaired) electrons. The highest BCUT2D eigenvalue weighted by molar-refractivity contribution is 5.91. The number of hydrogen-bond donors (Lipinski definition) is 1. The van der Waals surface area contributed by atoms with Gasteiger partial charge in [0.15, 0.2) is 0 Å². The molecule has 1 aromatic carbocycles. The van der Waals surface area contributed by atoms with E-state index in [-0.39, 0.29) is 11.5 Å². The molecule has 0 aromatic heterocycles. The molecular weight excluding hydrogens is 188 g/mol. The predicted octanol–water partition coefficient (Wildman–Crippen LogP) is 2.65. The molecule has 1 atom stereocenters. The van der Waals surface area contributed by atoms with E-state index in [0.717, 1.165) is 5.56 Å². The highest BCUT2D eigenvalue weighted by Crippen LogP contribution is 2.36. The molecule has 0 fully saturated rings. The number of aliphatic hydroxyl groups is 1. The fraction of sp³-hybridized carbons (Fsp3) is 0.308. The van der Waals surface area contributed by atoms with E-state index in [1.165, 1.54) is 0 Å². The molecular formula is C13H14O2. The maximum atomic E-state index is 11.7. The summed E-state index contributed by atoms with van der Waals surface area (Å²) in [6.45, 7) is 1.81. The smallest absolute Gasteiger partial charge is 0.150 e. The van der Waals surface area contributed by atoms with Crippen LogP contribution < -0.4 is 0 Å². The van der Waals surface area contributed by atoms with Gasteiger partial charge in [-0.05, 0) is 25.0 Å². The number of ketones is 1. The van der Waals surface area contributed by atoms with Gasteiger partial charge in [0.1, 0.15) is 11.5 Å². The predicted molar refractivity (Wildman–Crippen MR) is 58.6 cm³/mol. The van der Waals surface area contributed by atoms with Crippen molar-refractivity contribution in [1.82, 2.24) is 0 Å². The second-order valence-electron chi connectivity index (χ2n) is 4.21. The van der Waals surface area contributed by atoms with Crippen LogP contribution in [-0.2, 0) is 11.2 Å². The molecule has 0 amide bonds. The number of benzene rings is 1. The van der Waals surface area contributed by atoms with Crippen molar-refractivity contribution in [2.45, 2.75) is 19.8 Å². The van der Waals surface area contributed by atoms with Gasteiger partial charge in [-0.1, -0.05) is 30.3 Å². The second-order valence-corrected chi connectivity index (χ2v) is 4.21. The monoisotopic (exact) mass is 202 g/mol. The van der Waals surface area contributed by atoms with Crippen molar-refractivity contribution in [2.75, 3.05) is 0 Å². The van der Waals surface area contributed by atoms with Crippen LogP contribution in [0.1, 0.15) is 18.9 Å². The summed E-state index contributed by atoms with van der Waals surface area (Å²) in [4.78, 5) is 11.7. The molecule has 0 saturated heterocycles. The van der Waals surface area contributed by atoms with Crippen molar-refractivity contribution in [1.29, 1.82) is 0 Å². The molecule has 1 aromatic rings. The lowest BCUT2D eigenvalue weighted by molar-refractivity contribution is -0.125. The van der Waals surface area contributed by atoms with Crippen molar-refractivity contribution in [2.24, 2.45) is 5.41 Å². The third-order valence-electron chi connectivity index (χ3n) is 3.06. The largest absolute Gasteiger partial charge is 0.512 e. The van der Waals surface area contributed by atoms with Crippen LogP contribution in [0.15, 0.2) is 42.2 Å². The highest BCUT2D eigenvalue weighted by atomic mass is 16.3. The van der Waals surface area contributed by atoms with Crippen LogP contribution in [0, 0.1) is 5.41 Å². The zero-order valence-electron chi connectivity index (χ0n) is 8.73. The van der Waals surface area contributed by atoms with E-state index >= 15 is 0 Å². The van der Waals surface area contributed by atoms with Gasteiger partial charge in [-0.3, -0.25) is 4.79 Å². The first-order valence-electron chi connectivity index (χ1n) is 5.10. The molecule has 0 saturated carbocycles. The lowest BCUT2D eigenvalue weighted by Gasteiger charge is -2.22. The summed E-state index contributed by atoms with van der Waals surface area (Å²) in [6, 6.07) is 9.78. The second kappa shape index (κ2) is 3.54. The van der Waals surface area contributed by atoms with E-state index < -0.39 is 5.41 Å². The van der Waals surface area contributed by atoms with E-state index in [1.807, 2.05) is 30.3 Å². The molecule has 2 rings (SSSR count). The molecule has 1 N–H and O–H groups in total. The molecule has 0 bridgehead atoms.